The van der Waals surface area contributed by atoms with Crippen LogP contribution in [0.15, 0.2) is 36.5 Å². The van der Waals surface area contributed by atoms with Gasteiger partial charge in [-0.25, -0.2) is 4.98 Å². The molecule has 0 saturated carbocycles. The van der Waals surface area contributed by atoms with Crippen molar-refractivity contribution < 1.29 is 4.74 Å². The van der Waals surface area contributed by atoms with E-state index in [1.807, 2.05) is 18.2 Å². The number of aromatic nitrogens is 1. The summed E-state index contributed by atoms with van der Waals surface area (Å²) in [6, 6.07) is 10.1. The molecule has 0 bridgehead atoms. The van der Waals surface area contributed by atoms with Gasteiger partial charge in [0, 0.05) is 18.8 Å². The second-order valence-electron chi connectivity index (χ2n) is 5.11. The van der Waals surface area contributed by atoms with E-state index in [1.165, 1.54) is 17.3 Å². The van der Waals surface area contributed by atoms with Crippen molar-refractivity contribution in [3.8, 4) is 11.6 Å². The molecule has 0 unspecified atom stereocenters. The fraction of sp³-hybridized carbons (Fsp3) is 0.267. The average Bonchev–Trinajstić information content (AvgIpc) is 2.81. The minimum absolute atomic E-state index is 0.504. The zero-order valence-electron chi connectivity index (χ0n) is 11.1. The summed E-state index contributed by atoms with van der Waals surface area (Å²) in [5.41, 5.74) is 9.42. The number of nitrogens with two attached hydrogens (primary N) is 1. The smallest absolute Gasteiger partial charge is 0.219 e. The summed E-state index contributed by atoms with van der Waals surface area (Å²) in [6.45, 7) is 3.45. The third kappa shape index (κ3) is 2.49. The van der Waals surface area contributed by atoms with Gasteiger partial charge >= 0.3 is 0 Å². The van der Waals surface area contributed by atoms with E-state index in [9.17, 15) is 0 Å². The fourth-order valence-corrected chi connectivity index (χ4v) is 2.58. The molecule has 0 saturated heterocycles. The Kier molecular flexibility index (Phi) is 3.26. The molecule has 4 heteroatoms. The fourth-order valence-electron chi connectivity index (χ4n) is 2.58. The molecule has 0 fully saturated rings. The number of hydrogen-bond acceptors (Lipinski definition) is 3. The van der Waals surface area contributed by atoms with Gasteiger partial charge in [-0.15, -0.1) is 0 Å². The summed E-state index contributed by atoms with van der Waals surface area (Å²) < 4.78 is 5.79. The summed E-state index contributed by atoms with van der Waals surface area (Å²) in [7, 11) is 0. The van der Waals surface area contributed by atoms with E-state index in [0.29, 0.717) is 19.1 Å². The van der Waals surface area contributed by atoms with Gasteiger partial charge in [0.2, 0.25) is 5.88 Å². The highest BCUT2D eigenvalue weighted by molar-refractivity contribution is 6.73. The van der Waals surface area contributed by atoms with Gasteiger partial charge in [0.05, 0.1) is 0 Å². The van der Waals surface area contributed by atoms with Crippen LogP contribution in [0.2, 0.25) is 13.1 Å². The predicted octanol–water partition coefficient (Wildman–Crippen LogP) is 2.22. The molecule has 0 spiro atoms. The molecule has 3 nitrogen and oxygen atoms in total. The maximum absolute atomic E-state index is 5.79. The lowest BCUT2D eigenvalue weighted by Crippen LogP contribution is -2.21. The molecular weight excluding hydrogens is 235 g/mol. The van der Waals surface area contributed by atoms with Crippen LogP contribution in [0, 0.1) is 0 Å². The molecule has 0 aliphatic carbocycles. The van der Waals surface area contributed by atoms with E-state index in [4.69, 9.17) is 10.5 Å². The second-order valence-corrected chi connectivity index (χ2v) is 5.11. The Morgan fingerprint density at radius 1 is 1.32 bits per heavy atom. The first-order valence-corrected chi connectivity index (χ1v) is 6.72. The summed E-state index contributed by atoms with van der Waals surface area (Å²) in [5.74, 6) is 1.48. The van der Waals surface area contributed by atoms with Crippen molar-refractivity contribution in [2.45, 2.75) is 26.1 Å². The minimum Gasteiger partial charge on any atom is -0.439 e. The molecule has 1 aliphatic rings. The van der Waals surface area contributed by atoms with Gasteiger partial charge in [-0.05, 0) is 24.1 Å². The van der Waals surface area contributed by atoms with Gasteiger partial charge in [0.15, 0.2) is 6.71 Å². The molecule has 3 rings (SSSR count). The van der Waals surface area contributed by atoms with Crippen molar-refractivity contribution in [1.29, 1.82) is 0 Å². The van der Waals surface area contributed by atoms with Crippen LogP contribution >= 0.6 is 0 Å². The first-order chi connectivity index (χ1) is 9.26. The quantitative estimate of drug-likeness (QED) is 0.852. The minimum atomic E-state index is 0.504. The van der Waals surface area contributed by atoms with Gasteiger partial charge in [0.1, 0.15) is 5.75 Å². The van der Waals surface area contributed by atoms with Crippen LogP contribution in [0.25, 0.3) is 0 Å². The van der Waals surface area contributed by atoms with Crippen LogP contribution < -0.4 is 15.9 Å². The molecule has 19 heavy (non-hydrogen) atoms. The van der Waals surface area contributed by atoms with Gasteiger partial charge in [-0.3, -0.25) is 0 Å². The van der Waals surface area contributed by atoms with E-state index >= 15 is 0 Å². The van der Waals surface area contributed by atoms with E-state index in [-0.39, 0.29) is 0 Å². The molecule has 0 radical (unpaired) electrons. The number of hydrogen-bond donors (Lipinski definition) is 1. The van der Waals surface area contributed by atoms with Gasteiger partial charge in [-0.2, -0.15) is 0 Å². The van der Waals surface area contributed by atoms with Crippen LogP contribution in [0.3, 0.4) is 0 Å². The highest BCUT2D eigenvalue weighted by atomic mass is 16.5. The lowest BCUT2D eigenvalue weighted by atomic mass is 9.48. The Labute approximate surface area is 113 Å². The number of benzene rings is 1. The monoisotopic (exact) mass is 252 g/mol. The van der Waals surface area contributed by atoms with Gasteiger partial charge in [0.25, 0.3) is 0 Å². The summed E-state index contributed by atoms with van der Waals surface area (Å²) in [5, 5.41) is 0. The van der Waals surface area contributed by atoms with Crippen molar-refractivity contribution in [2.75, 3.05) is 0 Å². The Morgan fingerprint density at radius 3 is 2.95 bits per heavy atom. The number of rotatable bonds is 3. The lowest BCUT2D eigenvalue weighted by Gasteiger charge is -2.08. The normalized spacial score (nSPS) is 13.5. The Balaban J connectivity index is 1.79. The first-order valence-electron chi connectivity index (χ1n) is 6.72. The third-order valence-corrected chi connectivity index (χ3v) is 3.75. The predicted molar refractivity (Wildman–Crippen MR) is 78.4 cm³/mol. The number of ether oxygens (including phenoxy) is 1. The molecule has 1 aromatic heterocycles. The zero-order valence-corrected chi connectivity index (χ0v) is 11.1. The van der Waals surface area contributed by atoms with E-state index < -0.39 is 0 Å². The van der Waals surface area contributed by atoms with Gasteiger partial charge in [-0.1, -0.05) is 36.3 Å². The summed E-state index contributed by atoms with van der Waals surface area (Å²) in [4.78, 5) is 4.25. The first kappa shape index (κ1) is 12.2. The SMILES string of the molecule is CB1CCc2cc(Oc3ccc(CN)cn3)ccc21. The lowest BCUT2D eigenvalue weighted by molar-refractivity contribution is 0.462. The number of pyridine rings is 1. The largest absolute Gasteiger partial charge is 0.439 e. The molecule has 0 amide bonds. The standard InChI is InChI=1S/C15H17BN2O/c1-16-7-6-12-8-13(3-4-14(12)16)19-15-5-2-11(9-17)10-18-15/h2-5,8,10H,6-7,9,17H2,1H3. The van der Waals surface area contributed by atoms with E-state index in [2.05, 4.69) is 23.9 Å². The second kappa shape index (κ2) is 5.06. The average molecular weight is 252 g/mol. The molecule has 1 aromatic carbocycles. The van der Waals surface area contributed by atoms with Crippen molar-refractivity contribution in [3.63, 3.8) is 0 Å². The van der Waals surface area contributed by atoms with Crippen molar-refractivity contribution in [3.05, 3.63) is 47.7 Å². The summed E-state index contributed by atoms with van der Waals surface area (Å²) >= 11 is 0. The van der Waals surface area contributed by atoms with E-state index in [1.54, 1.807) is 6.20 Å². The zero-order chi connectivity index (χ0) is 13.2. The summed E-state index contributed by atoms with van der Waals surface area (Å²) in [6.07, 6.45) is 4.14. The highest BCUT2D eigenvalue weighted by Crippen LogP contribution is 2.23. The Hall–Kier alpha value is -1.81. The van der Waals surface area contributed by atoms with E-state index in [0.717, 1.165) is 17.7 Å². The molecule has 0 atom stereocenters. The molecule has 1 aliphatic heterocycles. The van der Waals surface area contributed by atoms with Crippen molar-refractivity contribution in [2.24, 2.45) is 5.73 Å². The van der Waals surface area contributed by atoms with Crippen molar-refractivity contribution in [1.82, 2.24) is 4.98 Å². The number of aryl methyl sites for hydroxylation is 1. The molecular formula is C15H17BN2O. The molecule has 2 heterocycles. The van der Waals surface area contributed by atoms with Crippen LogP contribution in [0.1, 0.15) is 11.1 Å². The van der Waals surface area contributed by atoms with Crippen LogP contribution in [0.5, 0.6) is 11.6 Å². The highest BCUT2D eigenvalue weighted by Gasteiger charge is 2.21. The number of fused-ring (bicyclic) bond motifs is 1. The van der Waals surface area contributed by atoms with Gasteiger partial charge < -0.3 is 10.5 Å². The maximum Gasteiger partial charge on any atom is 0.219 e. The Morgan fingerprint density at radius 2 is 2.21 bits per heavy atom. The van der Waals surface area contributed by atoms with Crippen LogP contribution in [-0.4, -0.2) is 11.7 Å². The maximum atomic E-state index is 5.79. The molecule has 2 N–H and O–H groups in total. The topological polar surface area (TPSA) is 48.1 Å². The van der Waals surface area contributed by atoms with Crippen molar-refractivity contribution >= 4 is 12.2 Å². The number of nitrogens with zero attached hydrogens (tertiary/aromatic N) is 1. The molecule has 2 aromatic rings. The Bertz CT molecular complexity index is 583. The molecule has 96 valence electrons. The van der Waals surface area contributed by atoms with Crippen LogP contribution in [-0.2, 0) is 13.0 Å². The van der Waals surface area contributed by atoms with Crippen LogP contribution in [0.4, 0.5) is 0 Å². The third-order valence-electron chi connectivity index (χ3n) is 3.75.